The van der Waals surface area contributed by atoms with E-state index < -0.39 is 0 Å². The summed E-state index contributed by atoms with van der Waals surface area (Å²) in [7, 11) is 0. The molecular formula is C18H22N4O2. The molecule has 3 heterocycles. The number of rotatable bonds is 3. The number of amides is 2. The van der Waals surface area contributed by atoms with Crippen molar-refractivity contribution in [3.8, 4) is 0 Å². The van der Waals surface area contributed by atoms with Crippen molar-refractivity contribution in [2.24, 2.45) is 0 Å². The second kappa shape index (κ2) is 6.26. The molecule has 0 spiro atoms. The maximum Gasteiger partial charge on any atom is 0.271 e. The molecule has 1 aliphatic heterocycles. The van der Waals surface area contributed by atoms with Gasteiger partial charge in [-0.05, 0) is 25.0 Å². The molecule has 0 aromatic carbocycles. The lowest BCUT2D eigenvalue weighted by molar-refractivity contribution is -0.130. The number of nitrogens with zero attached hydrogens (tertiary/aromatic N) is 3. The highest BCUT2D eigenvalue weighted by Gasteiger charge is 2.35. The predicted octanol–water partition coefficient (Wildman–Crippen LogP) is 2.00. The molecule has 24 heavy (non-hydrogen) atoms. The van der Waals surface area contributed by atoms with Crippen LogP contribution in [-0.4, -0.2) is 44.7 Å². The van der Waals surface area contributed by atoms with Crippen molar-refractivity contribution < 1.29 is 9.59 Å². The third-order valence-electron chi connectivity index (χ3n) is 5.11. The Bertz CT molecular complexity index is 730. The summed E-state index contributed by atoms with van der Waals surface area (Å²) >= 11 is 0. The largest absolute Gasteiger partial charge is 0.346 e. The van der Waals surface area contributed by atoms with Crippen molar-refractivity contribution in [1.82, 2.24) is 19.6 Å². The SMILES string of the molecule is O=C(NC1CC(=O)N(C2CCCCC2)C1)c1cn2ccccc2n1. The molecule has 1 aliphatic carbocycles. The quantitative estimate of drug-likeness (QED) is 0.938. The van der Waals surface area contributed by atoms with Crippen LogP contribution in [0, 0.1) is 0 Å². The molecule has 1 N–H and O–H groups in total. The molecule has 1 saturated heterocycles. The Morgan fingerprint density at radius 2 is 2.04 bits per heavy atom. The Morgan fingerprint density at radius 1 is 1.21 bits per heavy atom. The molecule has 1 atom stereocenters. The topological polar surface area (TPSA) is 66.7 Å². The molecular weight excluding hydrogens is 304 g/mol. The van der Waals surface area contributed by atoms with Gasteiger partial charge >= 0.3 is 0 Å². The van der Waals surface area contributed by atoms with Crippen LogP contribution in [0.25, 0.3) is 5.65 Å². The predicted molar refractivity (Wildman–Crippen MR) is 89.6 cm³/mol. The lowest BCUT2D eigenvalue weighted by atomic mass is 9.94. The van der Waals surface area contributed by atoms with Crippen LogP contribution in [-0.2, 0) is 4.79 Å². The molecule has 0 radical (unpaired) electrons. The third-order valence-corrected chi connectivity index (χ3v) is 5.11. The van der Waals surface area contributed by atoms with Gasteiger partial charge in [-0.15, -0.1) is 0 Å². The summed E-state index contributed by atoms with van der Waals surface area (Å²) < 4.78 is 1.82. The second-order valence-corrected chi connectivity index (χ2v) is 6.80. The van der Waals surface area contributed by atoms with Crippen LogP contribution in [0.5, 0.6) is 0 Å². The van der Waals surface area contributed by atoms with E-state index in [0.29, 0.717) is 24.7 Å². The van der Waals surface area contributed by atoms with Crippen LogP contribution in [0.15, 0.2) is 30.6 Å². The number of hydrogen-bond acceptors (Lipinski definition) is 3. The van der Waals surface area contributed by atoms with Gasteiger partial charge < -0.3 is 14.6 Å². The molecule has 2 aromatic heterocycles. The molecule has 2 amide bonds. The number of carbonyl (C=O) groups excluding carboxylic acids is 2. The summed E-state index contributed by atoms with van der Waals surface area (Å²) in [6, 6.07) is 5.90. The molecule has 1 saturated carbocycles. The van der Waals surface area contributed by atoms with Crippen LogP contribution < -0.4 is 5.32 Å². The van der Waals surface area contributed by atoms with E-state index >= 15 is 0 Å². The van der Waals surface area contributed by atoms with E-state index in [4.69, 9.17) is 0 Å². The fourth-order valence-electron chi connectivity index (χ4n) is 3.88. The zero-order valence-corrected chi connectivity index (χ0v) is 13.6. The van der Waals surface area contributed by atoms with E-state index in [2.05, 4.69) is 10.3 Å². The molecule has 2 fully saturated rings. The molecule has 6 nitrogen and oxygen atoms in total. The number of hydrogen-bond donors (Lipinski definition) is 1. The highest BCUT2D eigenvalue weighted by Crippen LogP contribution is 2.26. The number of carbonyl (C=O) groups is 2. The number of imidazole rings is 1. The Kier molecular flexibility index (Phi) is 3.96. The van der Waals surface area contributed by atoms with Crippen molar-refractivity contribution in [3.63, 3.8) is 0 Å². The van der Waals surface area contributed by atoms with Gasteiger partial charge in [-0.2, -0.15) is 0 Å². The summed E-state index contributed by atoms with van der Waals surface area (Å²) in [5, 5.41) is 2.98. The van der Waals surface area contributed by atoms with Crippen LogP contribution >= 0.6 is 0 Å². The fraction of sp³-hybridized carbons (Fsp3) is 0.500. The molecule has 6 heteroatoms. The molecule has 2 aliphatic rings. The second-order valence-electron chi connectivity index (χ2n) is 6.80. The first-order chi connectivity index (χ1) is 11.7. The first kappa shape index (κ1) is 15.2. The Labute approximate surface area is 140 Å². The average Bonchev–Trinajstić information content (AvgIpc) is 3.19. The standard InChI is InChI=1S/C18H22N4O2/c23-17-10-13(11-22(17)14-6-2-1-3-7-14)19-18(24)15-12-21-9-5-4-8-16(21)20-15/h4-5,8-9,12-14H,1-3,6-7,10-11H2,(H,19,24). The number of nitrogens with one attached hydrogen (secondary N) is 1. The van der Waals surface area contributed by atoms with Crippen LogP contribution in [0.2, 0.25) is 0 Å². The number of pyridine rings is 1. The average molecular weight is 326 g/mol. The summed E-state index contributed by atoms with van der Waals surface area (Å²) in [5.41, 5.74) is 1.14. The van der Waals surface area contributed by atoms with Gasteiger partial charge in [0.2, 0.25) is 5.91 Å². The minimum Gasteiger partial charge on any atom is -0.346 e. The summed E-state index contributed by atoms with van der Waals surface area (Å²) in [5.74, 6) is -0.0378. The van der Waals surface area contributed by atoms with Crippen molar-refractivity contribution in [2.75, 3.05) is 6.54 Å². The van der Waals surface area contributed by atoms with Crippen molar-refractivity contribution in [1.29, 1.82) is 0 Å². The minimum absolute atomic E-state index is 0.114. The summed E-state index contributed by atoms with van der Waals surface area (Å²) in [4.78, 5) is 31.1. The van der Waals surface area contributed by atoms with Crippen molar-refractivity contribution >= 4 is 17.5 Å². The van der Waals surface area contributed by atoms with Gasteiger partial charge in [0.25, 0.3) is 5.91 Å². The van der Waals surface area contributed by atoms with Gasteiger partial charge in [-0.3, -0.25) is 9.59 Å². The van der Waals surface area contributed by atoms with Gasteiger partial charge in [0.15, 0.2) is 0 Å². The third kappa shape index (κ3) is 2.88. The van der Waals surface area contributed by atoms with E-state index in [0.717, 1.165) is 18.5 Å². The molecule has 4 rings (SSSR count). The molecule has 0 bridgehead atoms. The van der Waals surface area contributed by atoms with Gasteiger partial charge in [0.1, 0.15) is 11.3 Å². The van der Waals surface area contributed by atoms with E-state index in [-0.39, 0.29) is 17.9 Å². The summed E-state index contributed by atoms with van der Waals surface area (Å²) in [6.45, 7) is 0.628. The number of aromatic nitrogens is 2. The normalized spacial score (nSPS) is 22.2. The van der Waals surface area contributed by atoms with Crippen LogP contribution in [0.3, 0.4) is 0 Å². The van der Waals surface area contributed by atoms with E-state index in [1.165, 1.54) is 19.3 Å². The minimum atomic E-state index is -0.206. The molecule has 126 valence electrons. The number of likely N-dealkylation sites (tertiary alicyclic amines) is 1. The van der Waals surface area contributed by atoms with Gasteiger partial charge in [-0.1, -0.05) is 25.3 Å². The van der Waals surface area contributed by atoms with E-state index in [1.54, 1.807) is 6.20 Å². The Hall–Kier alpha value is -2.37. The number of fused-ring (bicyclic) bond motifs is 1. The lowest BCUT2D eigenvalue weighted by Crippen LogP contribution is -2.41. The molecule has 1 unspecified atom stereocenters. The van der Waals surface area contributed by atoms with Gasteiger partial charge in [0.05, 0.1) is 6.04 Å². The monoisotopic (exact) mass is 326 g/mol. The fourth-order valence-corrected chi connectivity index (χ4v) is 3.88. The smallest absolute Gasteiger partial charge is 0.271 e. The maximum absolute atomic E-state index is 12.4. The van der Waals surface area contributed by atoms with Crippen molar-refractivity contribution in [3.05, 3.63) is 36.3 Å². The van der Waals surface area contributed by atoms with E-state index in [1.807, 2.05) is 33.7 Å². The first-order valence-corrected chi connectivity index (χ1v) is 8.75. The zero-order chi connectivity index (χ0) is 16.5. The zero-order valence-electron chi connectivity index (χ0n) is 13.6. The lowest BCUT2D eigenvalue weighted by Gasteiger charge is -2.31. The first-order valence-electron chi connectivity index (χ1n) is 8.75. The van der Waals surface area contributed by atoms with Crippen LogP contribution in [0.1, 0.15) is 49.0 Å². The maximum atomic E-state index is 12.4. The van der Waals surface area contributed by atoms with Crippen LogP contribution in [0.4, 0.5) is 0 Å². The Balaban J connectivity index is 1.41. The molecule has 2 aromatic rings. The highest BCUT2D eigenvalue weighted by atomic mass is 16.2. The van der Waals surface area contributed by atoms with E-state index in [9.17, 15) is 9.59 Å². The summed E-state index contributed by atoms with van der Waals surface area (Å²) in [6.07, 6.45) is 9.85. The Morgan fingerprint density at radius 3 is 2.83 bits per heavy atom. The van der Waals surface area contributed by atoms with Gasteiger partial charge in [-0.25, -0.2) is 4.98 Å². The van der Waals surface area contributed by atoms with Gasteiger partial charge in [0, 0.05) is 31.4 Å². The highest BCUT2D eigenvalue weighted by molar-refractivity contribution is 5.93. The van der Waals surface area contributed by atoms with Crippen molar-refractivity contribution in [2.45, 2.75) is 50.6 Å².